The van der Waals surface area contributed by atoms with Crippen molar-refractivity contribution in [3.63, 3.8) is 0 Å². The Bertz CT molecular complexity index is 1040. The van der Waals surface area contributed by atoms with Gasteiger partial charge < -0.3 is 14.6 Å². The minimum absolute atomic E-state index is 0.197. The highest BCUT2D eigenvalue weighted by atomic mass is 32.2. The van der Waals surface area contributed by atoms with Gasteiger partial charge in [-0.05, 0) is 32.3 Å². The molecule has 9 heteroatoms. The Hall–Kier alpha value is -2.65. The van der Waals surface area contributed by atoms with Gasteiger partial charge in [0.1, 0.15) is 16.9 Å². The number of carbonyl (C=O) groups is 2. The largest absolute Gasteiger partial charge is 0.462 e. The molecule has 4 rings (SSSR count). The maximum Gasteiger partial charge on any atom is 0.341 e. The van der Waals surface area contributed by atoms with Gasteiger partial charge in [0.2, 0.25) is 5.91 Å². The third-order valence-electron chi connectivity index (χ3n) is 4.72. The van der Waals surface area contributed by atoms with Crippen LogP contribution in [0, 0.1) is 0 Å². The molecule has 1 saturated carbocycles. The van der Waals surface area contributed by atoms with Gasteiger partial charge in [0.25, 0.3) is 0 Å². The van der Waals surface area contributed by atoms with Crippen LogP contribution in [0.4, 0.5) is 5.00 Å². The highest BCUT2D eigenvalue weighted by Crippen LogP contribution is 2.39. The number of aromatic nitrogens is 3. The van der Waals surface area contributed by atoms with Crippen LogP contribution in [-0.2, 0) is 9.53 Å². The van der Waals surface area contributed by atoms with E-state index in [0.29, 0.717) is 16.6 Å². The van der Waals surface area contributed by atoms with Crippen LogP contribution in [0.1, 0.15) is 43.1 Å². The first-order chi connectivity index (χ1) is 14.6. The van der Waals surface area contributed by atoms with Crippen molar-refractivity contribution in [1.29, 1.82) is 0 Å². The van der Waals surface area contributed by atoms with Crippen LogP contribution in [-0.4, -0.2) is 38.5 Å². The van der Waals surface area contributed by atoms with Crippen molar-refractivity contribution in [2.45, 2.75) is 43.1 Å². The normalized spacial score (nSPS) is 14.3. The number of amides is 1. The van der Waals surface area contributed by atoms with Crippen LogP contribution >= 0.6 is 23.1 Å². The molecule has 0 aliphatic heterocycles. The summed E-state index contributed by atoms with van der Waals surface area (Å²) < 4.78 is 7.28. The number of nitrogens with zero attached hydrogens (tertiary/aromatic N) is 3. The van der Waals surface area contributed by atoms with Crippen molar-refractivity contribution < 1.29 is 14.3 Å². The first-order valence-corrected chi connectivity index (χ1v) is 11.6. The maximum absolute atomic E-state index is 12.9. The number of carbonyl (C=O) groups excluding carboxylic acids is 2. The highest BCUT2D eigenvalue weighted by Gasteiger charge is 2.29. The van der Waals surface area contributed by atoms with E-state index in [-0.39, 0.29) is 12.5 Å². The number of rotatable bonds is 8. The summed E-state index contributed by atoms with van der Waals surface area (Å²) in [6.07, 6.45) is 3.95. The molecule has 1 atom stereocenters. The molecule has 0 bridgehead atoms. The van der Waals surface area contributed by atoms with Crippen LogP contribution in [0.2, 0.25) is 0 Å². The lowest BCUT2D eigenvalue weighted by Gasteiger charge is -2.13. The van der Waals surface area contributed by atoms with Gasteiger partial charge in [0.15, 0.2) is 5.16 Å². The molecule has 30 heavy (non-hydrogen) atoms. The average Bonchev–Trinajstić information content (AvgIpc) is 3.34. The van der Waals surface area contributed by atoms with Crippen molar-refractivity contribution in [2.75, 3.05) is 11.9 Å². The Morgan fingerprint density at radius 2 is 2.10 bits per heavy atom. The zero-order valence-corrected chi connectivity index (χ0v) is 18.3. The lowest BCUT2D eigenvalue weighted by atomic mass is 10.0. The van der Waals surface area contributed by atoms with E-state index in [1.807, 2.05) is 47.2 Å². The lowest BCUT2D eigenvalue weighted by Crippen LogP contribution is -2.23. The molecule has 1 aromatic carbocycles. The second kappa shape index (κ2) is 9.01. The molecule has 2 heterocycles. The van der Waals surface area contributed by atoms with Gasteiger partial charge in [-0.25, -0.2) is 4.79 Å². The third-order valence-corrected chi connectivity index (χ3v) is 6.69. The fourth-order valence-corrected chi connectivity index (χ4v) is 4.89. The number of hydrogen-bond acceptors (Lipinski definition) is 7. The third kappa shape index (κ3) is 4.41. The molecule has 7 nitrogen and oxygen atoms in total. The van der Waals surface area contributed by atoms with Gasteiger partial charge in [-0.1, -0.05) is 42.1 Å². The molecule has 3 aromatic rings. The predicted molar refractivity (Wildman–Crippen MR) is 118 cm³/mol. The van der Waals surface area contributed by atoms with Gasteiger partial charge in [0, 0.05) is 17.0 Å². The Kier molecular flexibility index (Phi) is 6.19. The molecular weight excluding hydrogens is 420 g/mol. The number of thiophene rings is 1. The number of ether oxygens (including phenoxy) is 1. The Morgan fingerprint density at radius 3 is 2.80 bits per heavy atom. The van der Waals surface area contributed by atoms with Crippen LogP contribution < -0.4 is 5.32 Å². The summed E-state index contributed by atoms with van der Waals surface area (Å²) in [4.78, 5) is 25.5. The summed E-state index contributed by atoms with van der Waals surface area (Å²) in [6, 6.07) is 10.0. The van der Waals surface area contributed by atoms with Gasteiger partial charge in [-0.2, -0.15) is 0 Å². The Balaban J connectivity index is 1.54. The molecule has 1 fully saturated rings. The molecule has 1 aliphatic rings. The molecule has 1 unspecified atom stereocenters. The fraction of sp³-hybridized carbons (Fsp3) is 0.333. The van der Waals surface area contributed by atoms with E-state index in [2.05, 4.69) is 15.5 Å². The summed E-state index contributed by atoms with van der Waals surface area (Å²) in [5, 5.41) is 13.7. The molecule has 2 aromatic heterocycles. The van der Waals surface area contributed by atoms with E-state index < -0.39 is 11.2 Å². The number of esters is 1. The fourth-order valence-electron chi connectivity index (χ4n) is 3.03. The summed E-state index contributed by atoms with van der Waals surface area (Å²) >= 11 is 2.69. The Morgan fingerprint density at radius 1 is 1.33 bits per heavy atom. The maximum atomic E-state index is 12.9. The van der Waals surface area contributed by atoms with Crippen LogP contribution in [0.25, 0.3) is 11.1 Å². The van der Waals surface area contributed by atoms with E-state index in [4.69, 9.17) is 4.74 Å². The summed E-state index contributed by atoms with van der Waals surface area (Å²) in [7, 11) is 0. The van der Waals surface area contributed by atoms with Crippen LogP contribution in [0.3, 0.4) is 0 Å². The van der Waals surface area contributed by atoms with E-state index in [1.54, 1.807) is 13.3 Å². The predicted octanol–water partition coefficient (Wildman–Crippen LogP) is 4.64. The van der Waals surface area contributed by atoms with Gasteiger partial charge in [0.05, 0.1) is 11.9 Å². The molecule has 0 saturated heterocycles. The summed E-state index contributed by atoms with van der Waals surface area (Å²) in [5.74, 6) is -0.640. The zero-order chi connectivity index (χ0) is 21.1. The molecular formula is C21H22N4O3S2. The molecule has 0 spiro atoms. The Labute approximate surface area is 182 Å². The minimum atomic E-state index is -0.443. The number of hydrogen-bond donors (Lipinski definition) is 1. The topological polar surface area (TPSA) is 86.1 Å². The van der Waals surface area contributed by atoms with Crippen molar-refractivity contribution in [3.05, 3.63) is 47.6 Å². The highest BCUT2D eigenvalue weighted by molar-refractivity contribution is 8.00. The van der Waals surface area contributed by atoms with Crippen molar-refractivity contribution in [1.82, 2.24) is 14.8 Å². The van der Waals surface area contributed by atoms with Gasteiger partial charge >= 0.3 is 5.97 Å². The van der Waals surface area contributed by atoms with Crippen molar-refractivity contribution in [3.8, 4) is 11.1 Å². The number of anilines is 1. The standard InChI is InChI=1S/C21H22N4O3S2/c1-3-28-20(27)17-16(14-7-5-4-6-8-14)11-29-19(17)23-18(26)13(2)30-21-24-22-12-25(21)15-9-10-15/h4-8,11-13,15H,3,9-10H2,1-2H3,(H,23,26). The van der Waals surface area contributed by atoms with E-state index in [9.17, 15) is 9.59 Å². The number of thioether (sulfide) groups is 1. The summed E-state index contributed by atoms with van der Waals surface area (Å²) in [6.45, 7) is 3.85. The summed E-state index contributed by atoms with van der Waals surface area (Å²) in [5.41, 5.74) is 2.04. The number of benzene rings is 1. The van der Waals surface area contributed by atoms with E-state index in [1.165, 1.54) is 23.1 Å². The first kappa shape index (κ1) is 20.6. The smallest absolute Gasteiger partial charge is 0.341 e. The zero-order valence-electron chi connectivity index (χ0n) is 16.7. The monoisotopic (exact) mass is 442 g/mol. The second-order valence-corrected chi connectivity index (χ2v) is 9.13. The number of nitrogens with one attached hydrogen (secondary N) is 1. The van der Waals surface area contributed by atoms with Crippen LogP contribution in [0.5, 0.6) is 0 Å². The first-order valence-electron chi connectivity index (χ1n) is 9.79. The quantitative estimate of drug-likeness (QED) is 0.404. The molecule has 1 amide bonds. The molecule has 1 aliphatic carbocycles. The van der Waals surface area contributed by atoms with Crippen molar-refractivity contribution in [2.24, 2.45) is 0 Å². The van der Waals surface area contributed by atoms with Gasteiger partial charge in [-0.15, -0.1) is 21.5 Å². The molecule has 156 valence electrons. The van der Waals surface area contributed by atoms with Crippen molar-refractivity contribution >= 4 is 40.0 Å². The van der Waals surface area contributed by atoms with E-state index >= 15 is 0 Å². The van der Waals surface area contributed by atoms with Gasteiger partial charge in [-0.3, -0.25) is 4.79 Å². The molecule has 1 N–H and O–H groups in total. The molecule has 0 radical (unpaired) electrons. The SMILES string of the molecule is CCOC(=O)c1c(-c2ccccc2)csc1NC(=O)C(C)Sc1nncn1C1CC1. The minimum Gasteiger partial charge on any atom is -0.462 e. The van der Waals surface area contributed by atoms with Crippen LogP contribution in [0.15, 0.2) is 47.2 Å². The average molecular weight is 443 g/mol. The lowest BCUT2D eigenvalue weighted by molar-refractivity contribution is -0.115. The van der Waals surface area contributed by atoms with E-state index in [0.717, 1.165) is 29.1 Å². The second-order valence-electron chi connectivity index (χ2n) is 6.94.